The predicted molar refractivity (Wildman–Crippen MR) is 174 cm³/mol. The highest BCUT2D eigenvalue weighted by atomic mass is 32.2. The lowest BCUT2D eigenvalue weighted by atomic mass is 9.95. The summed E-state index contributed by atoms with van der Waals surface area (Å²) in [6, 6.07) is 17.5. The van der Waals surface area contributed by atoms with Gasteiger partial charge < -0.3 is 14.6 Å². The van der Waals surface area contributed by atoms with Gasteiger partial charge in [0.05, 0.1) is 24.8 Å². The molecule has 1 atom stereocenters. The molecular formula is C34H34FN3O5S2. The Morgan fingerprint density at radius 3 is 2.44 bits per heavy atom. The summed E-state index contributed by atoms with van der Waals surface area (Å²) >= 11 is 2.54. The van der Waals surface area contributed by atoms with Crippen molar-refractivity contribution in [3.63, 3.8) is 0 Å². The van der Waals surface area contributed by atoms with Crippen LogP contribution in [-0.4, -0.2) is 40.2 Å². The highest BCUT2D eigenvalue weighted by molar-refractivity contribution is 8.00. The van der Waals surface area contributed by atoms with Gasteiger partial charge in [0.1, 0.15) is 11.6 Å². The van der Waals surface area contributed by atoms with Crippen LogP contribution in [0.1, 0.15) is 55.5 Å². The van der Waals surface area contributed by atoms with E-state index in [4.69, 9.17) is 9.47 Å². The molecule has 3 aromatic carbocycles. The number of ether oxygens (including phenoxy) is 2. The first-order chi connectivity index (χ1) is 21.7. The van der Waals surface area contributed by atoms with Gasteiger partial charge in [0.25, 0.3) is 5.78 Å². The van der Waals surface area contributed by atoms with Gasteiger partial charge in [-0.1, -0.05) is 85.0 Å². The zero-order valence-corrected chi connectivity index (χ0v) is 27.1. The quantitative estimate of drug-likeness (QED) is 0.0548. The Hall–Kier alpha value is -4.22. The van der Waals surface area contributed by atoms with E-state index in [1.807, 2.05) is 26.0 Å². The van der Waals surface area contributed by atoms with E-state index in [-0.39, 0.29) is 22.3 Å². The number of carbonyl (C=O) groups is 2. The maximum absolute atomic E-state index is 13.7. The van der Waals surface area contributed by atoms with Crippen LogP contribution in [0.5, 0.6) is 11.5 Å². The number of Topliss-reactive ketones (excluding diaryl/α,β-unsaturated/α-hetero) is 1. The third-order valence-corrected chi connectivity index (χ3v) is 9.31. The first-order valence-corrected chi connectivity index (χ1v) is 16.4. The molecule has 1 saturated heterocycles. The van der Waals surface area contributed by atoms with Gasteiger partial charge in [0.2, 0.25) is 5.13 Å². The number of carbonyl (C=O) groups excluding carboxylic acids is 2. The number of halogens is 1. The van der Waals surface area contributed by atoms with Crippen molar-refractivity contribution in [2.24, 2.45) is 5.92 Å². The SMILES string of the molecule is CCOc1cc(C2C(=C(O)c3ccc(C)cc3)C(=O)C(=O)N2c2nnc(SCc3ccc(F)cc3)s2)ccc1OCCC(C)C. The van der Waals surface area contributed by atoms with Crippen molar-refractivity contribution < 1.29 is 28.6 Å². The monoisotopic (exact) mass is 647 g/mol. The number of hydrogen-bond acceptors (Lipinski definition) is 9. The topological polar surface area (TPSA) is 102 Å². The number of rotatable bonds is 12. The lowest BCUT2D eigenvalue weighted by molar-refractivity contribution is -0.132. The minimum Gasteiger partial charge on any atom is -0.507 e. The van der Waals surface area contributed by atoms with E-state index in [0.29, 0.717) is 51.9 Å². The molecule has 1 aromatic heterocycles. The average Bonchev–Trinajstić information content (AvgIpc) is 3.59. The molecular weight excluding hydrogens is 614 g/mol. The predicted octanol–water partition coefficient (Wildman–Crippen LogP) is 7.73. The number of anilines is 1. The maximum atomic E-state index is 13.7. The number of benzene rings is 3. The fourth-order valence-electron chi connectivity index (χ4n) is 4.78. The lowest BCUT2D eigenvalue weighted by Gasteiger charge is -2.24. The summed E-state index contributed by atoms with van der Waals surface area (Å²) < 4.78 is 25.8. The maximum Gasteiger partial charge on any atom is 0.301 e. The smallest absolute Gasteiger partial charge is 0.301 e. The normalized spacial score (nSPS) is 16.0. The van der Waals surface area contributed by atoms with Crippen LogP contribution in [0.25, 0.3) is 5.76 Å². The second-order valence-corrected chi connectivity index (χ2v) is 13.1. The highest BCUT2D eigenvalue weighted by Gasteiger charge is 2.48. The Bertz CT molecular complexity index is 1700. The number of ketones is 1. The van der Waals surface area contributed by atoms with Crippen LogP contribution < -0.4 is 14.4 Å². The Labute approximate surface area is 269 Å². The van der Waals surface area contributed by atoms with Crippen molar-refractivity contribution >= 4 is 45.7 Å². The summed E-state index contributed by atoms with van der Waals surface area (Å²) in [5.41, 5.74) is 2.78. The average molecular weight is 648 g/mol. The Balaban J connectivity index is 1.55. The second-order valence-electron chi connectivity index (χ2n) is 11.0. The largest absolute Gasteiger partial charge is 0.507 e. The molecule has 1 fully saturated rings. The second kappa shape index (κ2) is 14.3. The van der Waals surface area contributed by atoms with Gasteiger partial charge in [-0.15, -0.1) is 10.2 Å². The molecule has 0 saturated carbocycles. The summed E-state index contributed by atoms with van der Waals surface area (Å²) in [6.07, 6.45) is 0.864. The van der Waals surface area contributed by atoms with Crippen LogP contribution in [0.15, 0.2) is 76.6 Å². The molecule has 45 heavy (non-hydrogen) atoms. The zero-order valence-electron chi connectivity index (χ0n) is 25.5. The van der Waals surface area contributed by atoms with Gasteiger partial charge in [-0.3, -0.25) is 14.5 Å². The van der Waals surface area contributed by atoms with E-state index in [9.17, 15) is 19.1 Å². The molecule has 1 N–H and O–H groups in total. The summed E-state index contributed by atoms with van der Waals surface area (Å²) in [5.74, 6) is -0.261. The third-order valence-electron chi connectivity index (χ3n) is 7.18. The molecule has 1 amide bonds. The van der Waals surface area contributed by atoms with Crippen molar-refractivity contribution in [1.82, 2.24) is 10.2 Å². The summed E-state index contributed by atoms with van der Waals surface area (Å²) in [4.78, 5) is 28.6. The van der Waals surface area contributed by atoms with E-state index in [1.165, 1.54) is 28.8 Å². The minimum atomic E-state index is -1.00. The molecule has 5 rings (SSSR count). The van der Waals surface area contributed by atoms with Crippen molar-refractivity contribution in [2.45, 2.75) is 50.3 Å². The Morgan fingerprint density at radius 1 is 1.02 bits per heavy atom. The third kappa shape index (κ3) is 7.37. The van der Waals surface area contributed by atoms with Gasteiger partial charge >= 0.3 is 5.91 Å². The molecule has 2 heterocycles. The summed E-state index contributed by atoms with van der Waals surface area (Å²) in [6.45, 7) is 8.90. The molecule has 8 nitrogen and oxygen atoms in total. The number of aryl methyl sites for hydroxylation is 1. The molecule has 0 radical (unpaired) electrons. The lowest BCUT2D eigenvalue weighted by Crippen LogP contribution is -2.29. The molecule has 11 heteroatoms. The van der Waals surface area contributed by atoms with Crippen LogP contribution in [0.4, 0.5) is 9.52 Å². The van der Waals surface area contributed by atoms with Crippen LogP contribution in [0.2, 0.25) is 0 Å². The standard InChI is InChI=1S/C34H34FN3O5S2/c1-5-42-27-18-24(12-15-26(27)43-17-16-20(2)3)29-28(30(39)23-10-6-21(4)7-11-23)31(40)32(41)38(29)33-36-37-34(45-33)44-19-22-8-13-25(35)14-9-22/h6-15,18,20,29,39H,5,16-17,19H2,1-4H3. The number of nitrogens with zero attached hydrogens (tertiary/aromatic N) is 3. The van der Waals surface area contributed by atoms with Crippen molar-refractivity contribution in [3.8, 4) is 11.5 Å². The fraction of sp³-hybridized carbons (Fsp3) is 0.294. The molecule has 234 valence electrons. The highest BCUT2D eigenvalue weighted by Crippen LogP contribution is 2.45. The van der Waals surface area contributed by atoms with Crippen LogP contribution in [0, 0.1) is 18.7 Å². The minimum absolute atomic E-state index is 0.0597. The first-order valence-electron chi connectivity index (χ1n) is 14.6. The van der Waals surface area contributed by atoms with Crippen LogP contribution in [-0.2, 0) is 15.3 Å². The molecule has 1 unspecified atom stereocenters. The van der Waals surface area contributed by atoms with Gasteiger partial charge in [-0.25, -0.2) is 4.39 Å². The number of aliphatic hydroxyl groups is 1. The number of amides is 1. The summed E-state index contributed by atoms with van der Waals surface area (Å²) in [7, 11) is 0. The van der Waals surface area contributed by atoms with Gasteiger partial charge in [-0.2, -0.15) is 0 Å². The van der Waals surface area contributed by atoms with Gasteiger partial charge in [0, 0.05) is 11.3 Å². The fourth-order valence-corrected chi connectivity index (χ4v) is 6.61. The van der Waals surface area contributed by atoms with Crippen molar-refractivity contribution in [1.29, 1.82) is 0 Å². The zero-order chi connectivity index (χ0) is 32.1. The van der Waals surface area contributed by atoms with Gasteiger partial charge in [0.15, 0.2) is 15.8 Å². The number of thioether (sulfide) groups is 1. The molecule has 0 aliphatic carbocycles. The number of hydrogen-bond donors (Lipinski definition) is 1. The van der Waals surface area contributed by atoms with Gasteiger partial charge in [-0.05, 0) is 61.6 Å². The number of aliphatic hydroxyl groups excluding tert-OH is 1. The van der Waals surface area contributed by atoms with Crippen LogP contribution in [0.3, 0.4) is 0 Å². The Morgan fingerprint density at radius 2 is 1.76 bits per heavy atom. The molecule has 0 spiro atoms. The van der Waals surface area contributed by atoms with Crippen molar-refractivity contribution in [2.75, 3.05) is 18.1 Å². The Kier molecular flexibility index (Phi) is 10.2. The van der Waals surface area contributed by atoms with Crippen LogP contribution >= 0.6 is 23.1 Å². The molecule has 1 aliphatic heterocycles. The summed E-state index contributed by atoms with van der Waals surface area (Å²) in [5, 5.41) is 20.2. The van der Waals surface area contributed by atoms with E-state index in [2.05, 4.69) is 24.0 Å². The number of aromatic nitrogens is 2. The molecule has 4 aromatic rings. The van der Waals surface area contributed by atoms with E-state index < -0.39 is 17.7 Å². The molecule has 1 aliphatic rings. The molecule has 0 bridgehead atoms. The first kappa shape index (κ1) is 32.2. The van der Waals surface area contributed by atoms with Crippen molar-refractivity contribution in [3.05, 3.63) is 100 Å². The van der Waals surface area contributed by atoms with E-state index >= 15 is 0 Å². The van der Waals surface area contributed by atoms with E-state index in [1.54, 1.807) is 42.5 Å². The van der Waals surface area contributed by atoms with E-state index in [0.717, 1.165) is 28.9 Å².